The molecule has 0 heterocycles. The first-order chi connectivity index (χ1) is 12.8. The summed E-state index contributed by atoms with van der Waals surface area (Å²) >= 11 is 1.13. The summed E-state index contributed by atoms with van der Waals surface area (Å²) in [5.74, 6) is -0.856. The fourth-order valence-corrected chi connectivity index (χ4v) is 2.73. The monoisotopic (exact) mass is 403 g/mol. The Balaban J connectivity index is 2.08. The number of amides is 1. The van der Waals surface area contributed by atoms with Gasteiger partial charge in [-0.25, -0.2) is 4.39 Å². The Bertz CT molecular complexity index is 766. The Morgan fingerprint density at radius 2 is 1.81 bits per heavy atom. The van der Waals surface area contributed by atoms with Crippen LogP contribution in [-0.4, -0.2) is 32.0 Å². The lowest BCUT2D eigenvalue weighted by molar-refractivity contribution is -0.137. The van der Waals surface area contributed by atoms with Crippen LogP contribution in [0.1, 0.15) is 5.56 Å². The number of nitrogens with one attached hydrogen (secondary N) is 1. The average molecular weight is 403 g/mol. The second-order valence-corrected chi connectivity index (χ2v) is 6.39. The number of anilines is 1. The van der Waals surface area contributed by atoms with Crippen molar-refractivity contribution in [1.82, 2.24) is 0 Å². The molecule has 2 aromatic rings. The van der Waals surface area contributed by atoms with Gasteiger partial charge in [-0.15, -0.1) is 11.8 Å². The maximum absolute atomic E-state index is 12.9. The number of carbonyl (C=O) groups is 1. The van der Waals surface area contributed by atoms with Crippen LogP contribution in [-0.2, 0) is 15.7 Å². The molecule has 0 fully saturated rings. The third kappa shape index (κ3) is 6.76. The molecule has 2 aromatic carbocycles. The molecule has 0 aromatic heterocycles. The van der Waals surface area contributed by atoms with Gasteiger partial charge in [-0.2, -0.15) is 13.2 Å². The van der Waals surface area contributed by atoms with E-state index in [9.17, 15) is 22.4 Å². The highest BCUT2D eigenvalue weighted by atomic mass is 32.2. The van der Waals surface area contributed by atoms with Gasteiger partial charge >= 0.3 is 6.18 Å². The molecule has 4 nitrogen and oxygen atoms in total. The third-order valence-electron chi connectivity index (χ3n) is 3.31. The number of hydrogen-bond acceptors (Lipinski definition) is 4. The molecule has 0 unspecified atom stereocenters. The van der Waals surface area contributed by atoms with Gasteiger partial charge in [-0.3, -0.25) is 4.79 Å². The summed E-state index contributed by atoms with van der Waals surface area (Å²) < 4.78 is 61.9. The van der Waals surface area contributed by atoms with Crippen molar-refractivity contribution in [3.05, 3.63) is 53.8 Å². The summed E-state index contributed by atoms with van der Waals surface area (Å²) in [6.07, 6.45) is -4.55. The van der Waals surface area contributed by atoms with Crippen LogP contribution in [0.4, 0.5) is 23.2 Å². The molecule has 0 aliphatic heterocycles. The Labute approximate surface area is 157 Å². The highest BCUT2D eigenvalue weighted by Crippen LogP contribution is 2.35. The van der Waals surface area contributed by atoms with Gasteiger partial charge in [0.1, 0.15) is 18.2 Å². The van der Waals surface area contributed by atoms with Gasteiger partial charge in [0.25, 0.3) is 0 Å². The number of ether oxygens (including phenoxy) is 2. The fraction of sp³-hybridized carbons (Fsp3) is 0.278. The van der Waals surface area contributed by atoms with E-state index in [4.69, 9.17) is 9.47 Å². The van der Waals surface area contributed by atoms with Gasteiger partial charge in [-0.1, -0.05) is 0 Å². The van der Waals surface area contributed by atoms with Gasteiger partial charge in [0.2, 0.25) is 5.91 Å². The lowest BCUT2D eigenvalue weighted by Crippen LogP contribution is -2.16. The van der Waals surface area contributed by atoms with Crippen LogP contribution in [0.15, 0.2) is 47.4 Å². The lowest BCUT2D eigenvalue weighted by Gasteiger charge is -2.15. The zero-order valence-corrected chi connectivity index (χ0v) is 15.1. The minimum absolute atomic E-state index is 0.0562. The molecule has 9 heteroatoms. The number of rotatable bonds is 8. The largest absolute Gasteiger partial charge is 0.489 e. The molecule has 0 aliphatic rings. The summed E-state index contributed by atoms with van der Waals surface area (Å²) in [7, 11) is 1.46. The standard InChI is InChI=1S/C18H17F4NO3S/c1-25-8-9-26-16-7-2-12(18(20,21)22)10-15(16)23-17(24)11-27-14-5-3-13(19)4-6-14/h2-7,10H,8-9,11H2,1H3,(H,23,24). The highest BCUT2D eigenvalue weighted by Gasteiger charge is 2.31. The van der Waals surface area contributed by atoms with E-state index in [-0.39, 0.29) is 30.4 Å². The van der Waals surface area contributed by atoms with E-state index in [1.807, 2.05) is 0 Å². The van der Waals surface area contributed by atoms with Gasteiger partial charge in [-0.05, 0) is 42.5 Å². The van der Waals surface area contributed by atoms with Crippen LogP contribution in [0.2, 0.25) is 0 Å². The van der Waals surface area contributed by atoms with Crippen LogP contribution in [0.25, 0.3) is 0 Å². The molecule has 0 saturated carbocycles. The van der Waals surface area contributed by atoms with Crippen LogP contribution >= 0.6 is 11.8 Å². The van der Waals surface area contributed by atoms with Gasteiger partial charge in [0.05, 0.1) is 23.6 Å². The normalized spacial score (nSPS) is 11.3. The lowest BCUT2D eigenvalue weighted by atomic mass is 10.1. The van der Waals surface area contributed by atoms with Gasteiger partial charge < -0.3 is 14.8 Å². The average Bonchev–Trinajstić information content (AvgIpc) is 2.62. The number of thioether (sulfide) groups is 1. The molecule has 0 bridgehead atoms. The van der Waals surface area contributed by atoms with Crippen LogP contribution in [0.5, 0.6) is 5.75 Å². The number of halogens is 4. The maximum atomic E-state index is 12.9. The molecule has 0 aliphatic carbocycles. The Kier molecular flexibility index (Phi) is 7.49. The topological polar surface area (TPSA) is 47.6 Å². The van der Waals surface area contributed by atoms with Crippen molar-refractivity contribution in [3.8, 4) is 5.75 Å². The van der Waals surface area contributed by atoms with E-state index in [0.717, 1.165) is 30.0 Å². The van der Waals surface area contributed by atoms with Gasteiger partial charge in [0, 0.05) is 12.0 Å². The number of carbonyl (C=O) groups excluding carboxylic acids is 1. The number of methoxy groups -OCH3 is 1. The fourth-order valence-electron chi connectivity index (χ4n) is 2.03. The van der Waals surface area contributed by atoms with Crippen molar-refractivity contribution in [2.45, 2.75) is 11.1 Å². The predicted molar refractivity (Wildman–Crippen MR) is 94.6 cm³/mol. The SMILES string of the molecule is COCCOc1ccc(C(F)(F)F)cc1NC(=O)CSc1ccc(F)cc1. The first-order valence-electron chi connectivity index (χ1n) is 7.81. The molecule has 0 radical (unpaired) electrons. The molecule has 1 amide bonds. The number of alkyl halides is 3. The van der Waals surface area contributed by atoms with E-state index in [0.29, 0.717) is 4.90 Å². The van der Waals surface area contributed by atoms with Crippen LogP contribution in [0, 0.1) is 5.82 Å². The number of hydrogen-bond donors (Lipinski definition) is 1. The summed E-state index contributed by atoms with van der Waals surface area (Å²) in [6.45, 7) is 0.365. The smallest absolute Gasteiger partial charge is 0.416 e. The maximum Gasteiger partial charge on any atom is 0.416 e. The highest BCUT2D eigenvalue weighted by molar-refractivity contribution is 8.00. The zero-order valence-electron chi connectivity index (χ0n) is 14.3. The Hall–Kier alpha value is -2.26. The summed E-state index contributed by atoms with van der Waals surface area (Å²) in [5.41, 5.74) is -0.978. The molecule has 146 valence electrons. The molecule has 2 rings (SSSR count). The van der Waals surface area contributed by atoms with Crippen LogP contribution < -0.4 is 10.1 Å². The first-order valence-corrected chi connectivity index (χ1v) is 8.79. The molecule has 27 heavy (non-hydrogen) atoms. The van der Waals surface area contributed by atoms with Crippen molar-refractivity contribution >= 4 is 23.4 Å². The minimum atomic E-state index is -4.55. The van der Waals surface area contributed by atoms with E-state index >= 15 is 0 Å². The second-order valence-electron chi connectivity index (χ2n) is 5.34. The summed E-state index contributed by atoms with van der Waals surface area (Å²) in [4.78, 5) is 12.8. The minimum Gasteiger partial charge on any atom is -0.489 e. The van der Waals surface area contributed by atoms with E-state index in [1.54, 1.807) is 0 Å². The zero-order chi connectivity index (χ0) is 19.9. The summed E-state index contributed by atoms with van der Waals surface area (Å²) in [6, 6.07) is 8.39. The number of benzene rings is 2. The molecule has 0 spiro atoms. The Morgan fingerprint density at radius 1 is 1.11 bits per heavy atom. The van der Waals surface area contributed by atoms with Crippen molar-refractivity contribution in [3.63, 3.8) is 0 Å². The molecule has 0 saturated heterocycles. The quantitative estimate of drug-likeness (QED) is 0.398. The Morgan fingerprint density at radius 3 is 2.44 bits per heavy atom. The molecule has 0 atom stereocenters. The van der Waals surface area contributed by atoms with E-state index < -0.39 is 23.5 Å². The summed E-state index contributed by atoms with van der Waals surface area (Å²) in [5, 5.41) is 2.43. The molecule has 1 N–H and O–H groups in total. The molecular weight excluding hydrogens is 386 g/mol. The third-order valence-corrected chi connectivity index (χ3v) is 4.32. The predicted octanol–water partition coefficient (Wildman–Crippen LogP) is 4.60. The second kappa shape index (κ2) is 9.61. The van der Waals surface area contributed by atoms with E-state index in [1.165, 1.54) is 31.4 Å². The van der Waals surface area contributed by atoms with E-state index in [2.05, 4.69) is 5.32 Å². The van der Waals surface area contributed by atoms with Crippen LogP contribution in [0.3, 0.4) is 0 Å². The van der Waals surface area contributed by atoms with Crippen molar-refractivity contribution in [2.24, 2.45) is 0 Å². The van der Waals surface area contributed by atoms with Crippen molar-refractivity contribution in [2.75, 3.05) is 31.4 Å². The van der Waals surface area contributed by atoms with Gasteiger partial charge in [0.15, 0.2) is 0 Å². The first kappa shape index (κ1) is 21.0. The molecular formula is C18H17F4NO3S. The van der Waals surface area contributed by atoms with Crippen molar-refractivity contribution < 1.29 is 31.8 Å². The van der Waals surface area contributed by atoms with Crippen molar-refractivity contribution in [1.29, 1.82) is 0 Å².